The Morgan fingerprint density at radius 2 is 1.76 bits per heavy atom. The molecule has 7 nitrogen and oxygen atoms in total. The number of carbonyl (C=O) groups is 3. The lowest BCUT2D eigenvalue weighted by Gasteiger charge is -2.35. The molecule has 2 atom stereocenters. The van der Waals surface area contributed by atoms with Crippen molar-refractivity contribution >= 4 is 17.7 Å². The topological polar surface area (TPSA) is 79.0 Å². The second-order valence-corrected chi connectivity index (χ2v) is 10.8. The molecular formula is C30H37N3O4. The molecule has 2 fully saturated rings. The van der Waals surface area contributed by atoms with Crippen LogP contribution < -0.4 is 5.32 Å². The lowest BCUT2D eigenvalue weighted by atomic mass is 9.91. The van der Waals surface area contributed by atoms with Crippen LogP contribution in [0.4, 0.5) is 0 Å². The van der Waals surface area contributed by atoms with Gasteiger partial charge in [-0.15, -0.1) is 0 Å². The highest BCUT2D eigenvalue weighted by Crippen LogP contribution is 2.30. The van der Waals surface area contributed by atoms with E-state index < -0.39 is 12.1 Å². The van der Waals surface area contributed by atoms with Crippen LogP contribution in [0.3, 0.4) is 0 Å². The van der Waals surface area contributed by atoms with E-state index in [1.807, 2.05) is 38.1 Å². The quantitative estimate of drug-likeness (QED) is 0.622. The zero-order chi connectivity index (χ0) is 25.9. The smallest absolute Gasteiger partial charge is 0.255 e. The minimum Gasteiger partial charge on any atom is -0.381 e. The standard InChI is InChI=1S/C30H37N3O4/c1-20(2)27(33-19-24-6-3-4-7-25(24)29(33)35)30(36)32-15-5-8-26(32)28(34)31-18-21-9-11-22(12-10-21)23-13-16-37-17-14-23/h3-4,6-7,9-12,20,23,26-27H,5,8,13-19H2,1-2H3,(H,31,34)/t26-,27-/m0/s1. The Hall–Kier alpha value is -3.19. The third kappa shape index (κ3) is 5.28. The number of likely N-dealkylation sites (tertiary alicyclic amines) is 1. The van der Waals surface area contributed by atoms with Crippen molar-refractivity contribution < 1.29 is 19.1 Å². The maximum absolute atomic E-state index is 13.8. The normalized spacial score (nSPS) is 20.8. The Morgan fingerprint density at radius 1 is 1.03 bits per heavy atom. The molecule has 2 aromatic rings. The van der Waals surface area contributed by atoms with Crippen LogP contribution in [0.15, 0.2) is 48.5 Å². The summed E-state index contributed by atoms with van der Waals surface area (Å²) >= 11 is 0. The molecule has 3 aliphatic heterocycles. The van der Waals surface area contributed by atoms with Crippen molar-refractivity contribution in [2.75, 3.05) is 19.8 Å². The van der Waals surface area contributed by atoms with E-state index in [-0.39, 0.29) is 23.6 Å². The maximum Gasteiger partial charge on any atom is 0.255 e. The van der Waals surface area contributed by atoms with Crippen molar-refractivity contribution in [3.63, 3.8) is 0 Å². The van der Waals surface area contributed by atoms with E-state index in [4.69, 9.17) is 4.74 Å². The van der Waals surface area contributed by atoms with Crippen LogP contribution in [0.2, 0.25) is 0 Å². The molecule has 196 valence electrons. The molecule has 5 rings (SSSR count). The molecule has 3 aliphatic rings. The second kappa shape index (κ2) is 11.1. The van der Waals surface area contributed by atoms with Crippen LogP contribution in [0.1, 0.15) is 72.5 Å². The van der Waals surface area contributed by atoms with E-state index in [1.165, 1.54) is 5.56 Å². The molecule has 3 amide bonds. The third-order valence-electron chi connectivity index (χ3n) is 8.05. The zero-order valence-electron chi connectivity index (χ0n) is 21.8. The largest absolute Gasteiger partial charge is 0.381 e. The summed E-state index contributed by atoms with van der Waals surface area (Å²) in [6.07, 6.45) is 3.52. The lowest BCUT2D eigenvalue weighted by Crippen LogP contribution is -2.55. The van der Waals surface area contributed by atoms with Gasteiger partial charge in [0.05, 0.1) is 0 Å². The average molecular weight is 504 g/mol. The number of hydrogen-bond donors (Lipinski definition) is 1. The summed E-state index contributed by atoms with van der Waals surface area (Å²) in [5.74, 6) is 0.114. The fourth-order valence-corrected chi connectivity index (χ4v) is 6.00. The fourth-order valence-electron chi connectivity index (χ4n) is 6.00. The van der Waals surface area contributed by atoms with E-state index in [0.717, 1.165) is 43.6 Å². The van der Waals surface area contributed by atoms with E-state index in [1.54, 1.807) is 9.80 Å². The van der Waals surface area contributed by atoms with Crippen LogP contribution in [0, 0.1) is 5.92 Å². The number of benzene rings is 2. The van der Waals surface area contributed by atoms with Crippen molar-refractivity contribution in [1.82, 2.24) is 15.1 Å². The molecule has 0 unspecified atom stereocenters. The fraction of sp³-hybridized carbons (Fsp3) is 0.500. The summed E-state index contributed by atoms with van der Waals surface area (Å²) < 4.78 is 5.47. The van der Waals surface area contributed by atoms with Crippen molar-refractivity contribution in [2.24, 2.45) is 5.92 Å². The van der Waals surface area contributed by atoms with Gasteiger partial charge in [-0.1, -0.05) is 56.3 Å². The number of ether oxygens (including phenoxy) is 1. The van der Waals surface area contributed by atoms with Gasteiger partial charge >= 0.3 is 0 Å². The van der Waals surface area contributed by atoms with E-state index in [0.29, 0.717) is 37.5 Å². The predicted octanol–water partition coefficient (Wildman–Crippen LogP) is 3.87. The first-order chi connectivity index (χ1) is 17.9. The van der Waals surface area contributed by atoms with Crippen molar-refractivity contribution in [3.8, 4) is 0 Å². The third-order valence-corrected chi connectivity index (χ3v) is 8.05. The van der Waals surface area contributed by atoms with E-state index in [2.05, 4.69) is 29.6 Å². The molecule has 0 aromatic heterocycles. The second-order valence-electron chi connectivity index (χ2n) is 10.8. The number of fused-ring (bicyclic) bond motifs is 1. The van der Waals surface area contributed by atoms with Crippen LogP contribution >= 0.6 is 0 Å². The highest BCUT2D eigenvalue weighted by Gasteiger charge is 2.43. The summed E-state index contributed by atoms with van der Waals surface area (Å²) in [6, 6.07) is 14.9. The molecule has 0 aliphatic carbocycles. The first-order valence-electron chi connectivity index (χ1n) is 13.6. The Kier molecular flexibility index (Phi) is 7.60. The molecule has 0 spiro atoms. The van der Waals surface area contributed by atoms with Gasteiger partial charge < -0.3 is 19.9 Å². The van der Waals surface area contributed by atoms with Crippen molar-refractivity contribution in [1.29, 1.82) is 0 Å². The zero-order valence-corrected chi connectivity index (χ0v) is 21.8. The number of carbonyl (C=O) groups excluding carboxylic acids is 3. The molecule has 37 heavy (non-hydrogen) atoms. The Labute approximate surface area is 219 Å². The first kappa shape index (κ1) is 25.5. The molecule has 1 N–H and O–H groups in total. The summed E-state index contributed by atoms with van der Waals surface area (Å²) in [5, 5.41) is 3.05. The predicted molar refractivity (Wildman–Crippen MR) is 141 cm³/mol. The minimum absolute atomic E-state index is 0.0654. The number of nitrogens with zero attached hydrogens (tertiary/aromatic N) is 2. The summed E-state index contributed by atoms with van der Waals surface area (Å²) in [5.41, 5.74) is 3.98. The monoisotopic (exact) mass is 503 g/mol. The molecule has 3 heterocycles. The molecule has 0 bridgehead atoms. The molecule has 2 aromatic carbocycles. The van der Waals surface area contributed by atoms with Gasteiger partial charge in [-0.3, -0.25) is 14.4 Å². The lowest BCUT2D eigenvalue weighted by molar-refractivity contribution is -0.143. The van der Waals surface area contributed by atoms with Gasteiger partial charge in [0, 0.05) is 38.4 Å². The van der Waals surface area contributed by atoms with Crippen LogP contribution in [-0.4, -0.2) is 59.4 Å². The van der Waals surface area contributed by atoms with Gasteiger partial charge in [-0.05, 0) is 60.3 Å². The number of nitrogens with one attached hydrogen (secondary N) is 1. The maximum atomic E-state index is 13.8. The SMILES string of the molecule is CC(C)[C@@H](C(=O)N1CCC[C@H]1C(=O)NCc1ccc(C2CCOCC2)cc1)N1Cc2ccccc2C1=O. The van der Waals surface area contributed by atoms with E-state index in [9.17, 15) is 14.4 Å². The molecular weight excluding hydrogens is 466 g/mol. The van der Waals surface area contributed by atoms with Gasteiger partial charge in [0.2, 0.25) is 11.8 Å². The van der Waals surface area contributed by atoms with Crippen molar-refractivity contribution in [3.05, 3.63) is 70.8 Å². The van der Waals surface area contributed by atoms with E-state index >= 15 is 0 Å². The molecule has 7 heteroatoms. The summed E-state index contributed by atoms with van der Waals surface area (Å²) in [4.78, 5) is 43.5. The van der Waals surface area contributed by atoms with Gasteiger partial charge in [0.25, 0.3) is 5.91 Å². The molecule has 0 saturated carbocycles. The Bertz CT molecular complexity index is 1140. The van der Waals surface area contributed by atoms with Crippen LogP contribution in [0.25, 0.3) is 0 Å². The van der Waals surface area contributed by atoms with Gasteiger partial charge in [-0.2, -0.15) is 0 Å². The first-order valence-corrected chi connectivity index (χ1v) is 13.6. The minimum atomic E-state index is -0.592. The number of hydrogen-bond acceptors (Lipinski definition) is 4. The highest BCUT2D eigenvalue weighted by atomic mass is 16.5. The Balaban J connectivity index is 1.22. The summed E-state index contributed by atoms with van der Waals surface area (Å²) in [7, 11) is 0. The highest BCUT2D eigenvalue weighted by molar-refractivity contribution is 6.01. The van der Waals surface area contributed by atoms with Crippen molar-refractivity contribution in [2.45, 2.75) is 70.6 Å². The molecule has 2 saturated heterocycles. The number of rotatable bonds is 7. The molecule has 0 radical (unpaired) electrons. The Morgan fingerprint density at radius 3 is 2.46 bits per heavy atom. The summed E-state index contributed by atoms with van der Waals surface area (Å²) in [6.45, 7) is 6.96. The van der Waals surface area contributed by atoms with Gasteiger partial charge in [0.15, 0.2) is 0 Å². The average Bonchev–Trinajstić information content (AvgIpc) is 3.54. The van der Waals surface area contributed by atoms with Crippen LogP contribution in [-0.2, 0) is 27.4 Å². The van der Waals surface area contributed by atoms with Gasteiger partial charge in [0.1, 0.15) is 12.1 Å². The van der Waals surface area contributed by atoms with Crippen LogP contribution in [0.5, 0.6) is 0 Å². The number of amides is 3. The van der Waals surface area contributed by atoms with Gasteiger partial charge in [-0.25, -0.2) is 0 Å².